The summed E-state index contributed by atoms with van der Waals surface area (Å²) in [4.78, 5) is 29.0. The number of nitriles is 1. The van der Waals surface area contributed by atoms with Crippen LogP contribution in [0, 0.1) is 24.1 Å². The number of carbonyl (C=O) groups is 1. The van der Waals surface area contributed by atoms with Gasteiger partial charge in [0.25, 0.3) is 5.91 Å². The number of nitrogens with zero attached hydrogens (tertiary/aromatic N) is 5. The lowest BCUT2D eigenvalue weighted by atomic mass is 10.1. The summed E-state index contributed by atoms with van der Waals surface area (Å²) in [6.07, 6.45) is -4.56. The van der Waals surface area contributed by atoms with Crippen LogP contribution in [0.2, 0.25) is 0 Å². The van der Waals surface area contributed by atoms with Gasteiger partial charge in [-0.25, -0.2) is 9.07 Å². The van der Waals surface area contributed by atoms with Gasteiger partial charge in [-0.2, -0.15) is 23.5 Å². The minimum Gasteiger partial charge on any atom is -0.335 e. The van der Waals surface area contributed by atoms with Crippen LogP contribution in [0.5, 0.6) is 0 Å². The highest BCUT2D eigenvalue weighted by Crippen LogP contribution is 2.30. The Morgan fingerprint density at radius 1 is 1.06 bits per heavy atom. The molecule has 0 spiro atoms. The molecule has 1 amide bonds. The van der Waals surface area contributed by atoms with E-state index >= 15 is 0 Å². The average molecular weight is 499 g/mol. The normalized spacial score (nSPS) is 15.4. The van der Waals surface area contributed by atoms with E-state index in [0.717, 1.165) is 22.9 Å². The second-order valence-corrected chi connectivity index (χ2v) is 8.37. The maximum absolute atomic E-state index is 13.2. The van der Waals surface area contributed by atoms with E-state index in [0.29, 0.717) is 18.7 Å². The molecule has 2 heterocycles. The lowest BCUT2D eigenvalue weighted by molar-refractivity contribution is -0.137. The average Bonchev–Trinajstić information content (AvgIpc) is 2.85. The fraction of sp³-hybridized carbons (Fsp3) is 0.280. The molecule has 3 aromatic rings. The lowest BCUT2D eigenvalue weighted by Crippen LogP contribution is -2.50. The highest BCUT2D eigenvalue weighted by atomic mass is 19.4. The Kier molecular flexibility index (Phi) is 6.90. The van der Waals surface area contributed by atoms with E-state index in [1.807, 2.05) is 4.90 Å². The minimum absolute atomic E-state index is 0.0670. The molecule has 0 radical (unpaired) electrons. The number of aryl methyl sites for hydroxylation is 1. The number of rotatable bonds is 4. The molecule has 0 saturated carbocycles. The fourth-order valence-corrected chi connectivity index (χ4v) is 4.12. The van der Waals surface area contributed by atoms with Gasteiger partial charge in [-0.1, -0.05) is 18.2 Å². The summed E-state index contributed by atoms with van der Waals surface area (Å²) in [7, 11) is 0. The Balaban J connectivity index is 1.54. The first-order valence-electron chi connectivity index (χ1n) is 11.1. The van der Waals surface area contributed by atoms with Gasteiger partial charge in [-0.05, 0) is 42.8 Å². The molecule has 186 valence electrons. The van der Waals surface area contributed by atoms with Gasteiger partial charge >= 0.3 is 6.18 Å². The highest BCUT2D eigenvalue weighted by molar-refractivity contribution is 5.92. The summed E-state index contributed by atoms with van der Waals surface area (Å²) >= 11 is 0. The molecule has 1 aliphatic heterocycles. The molecule has 0 aliphatic carbocycles. The molecule has 2 aromatic carbocycles. The van der Waals surface area contributed by atoms with Crippen molar-refractivity contribution >= 4 is 5.91 Å². The van der Waals surface area contributed by atoms with E-state index in [1.54, 1.807) is 0 Å². The largest absolute Gasteiger partial charge is 0.416 e. The van der Waals surface area contributed by atoms with Gasteiger partial charge in [-0.15, -0.1) is 0 Å². The zero-order valence-electron chi connectivity index (χ0n) is 19.2. The second-order valence-electron chi connectivity index (χ2n) is 8.37. The second kappa shape index (κ2) is 9.91. The molecule has 1 aliphatic rings. The van der Waals surface area contributed by atoms with Crippen LogP contribution in [0.15, 0.2) is 59.4 Å². The van der Waals surface area contributed by atoms with Crippen LogP contribution in [0.4, 0.5) is 17.6 Å². The van der Waals surface area contributed by atoms with Crippen molar-refractivity contribution in [3.8, 4) is 11.8 Å². The molecule has 1 saturated heterocycles. The lowest BCUT2D eigenvalue weighted by Gasteiger charge is -2.36. The van der Waals surface area contributed by atoms with Crippen molar-refractivity contribution in [2.24, 2.45) is 0 Å². The molecule has 1 fully saturated rings. The number of halogens is 4. The smallest absolute Gasteiger partial charge is 0.335 e. The summed E-state index contributed by atoms with van der Waals surface area (Å²) < 4.78 is 53.9. The summed E-state index contributed by atoms with van der Waals surface area (Å²) in [6, 6.07) is 12.8. The molecule has 36 heavy (non-hydrogen) atoms. The Bertz CT molecular complexity index is 1370. The van der Waals surface area contributed by atoms with Crippen LogP contribution in [0.3, 0.4) is 0 Å². The Labute approximate surface area is 203 Å². The number of piperazine rings is 1. The van der Waals surface area contributed by atoms with Crippen molar-refractivity contribution in [3.05, 3.63) is 93.2 Å². The van der Waals surface area contributed by atoms with Crippen molar-refractivity contribution in [1.82, 2.24) is 19.6 Å². The number of hydrogen-bond donors (Lipinski definition) is 0. The Morgan fingerprint density at radius 3 is 2.33 bits per heavy atom. The molecule has 0 bridgehead atoms. The predicted octanol–water partition coefficient (Wildman–Crippen LogP) is 3.72. The summed E-state index contributed by atoms with van der Waals surface area (Å²) in [5.74, 6) is -1.05. The first-order valence-corrected chi connectivity index (χ1v) is 11.1. The van der Waals surface area contributed by atoms with E-state index in [-0.39, 0.29) is 24.5 Å². The quantitative estimate of drug-likeness (QED) is 0.511. The van der Waals surface area contributed by atoms with E-state index < -0.39 is 40.6 Å². The first kappa shape index (κ1) is 25.1. The summed E-state index contributed by atoms with van der Waals surface area (Å²) in [6.45, 7) is 2.58. The molecule has 1 aromatic heterocycles. The number of benzene rings is 2. The molecule has 11 heteroatoms. The molecule has 0 N–H and O–H groups in total. The zero-order chi connectivity index (χ0) is 26.0. The van der Waals surface area contributed by atoms with Gasteiger partial charge in [0, 0.05) is 37.9 Å². The van der Waals surface area contributed by atoms with Gasteiger partial charge < -0.3 is 4.90 Å². The first-order chi connectivity index (χ1) is 17.1. The van der Waals surface area contributed by atoms with Gasteiger partial charge in [0.05, 0.1) is 17.3 Å². The van der Waals surface area contributed by atoms with Crippen LogP contribution < -0.4 is 5.43 Å². The van der Waals surface area contributed by atoms with Crippen LogP contribution in [0.1, 0.15) is 33.4 Å². The van der Waals surface area contributed by atoms with Crippen molar-refractivity contribution in [1.29, 1.82) is 5.26 Å². The predicted molar refractivity (Wildman–Crippen MR) is 122 cm³/mol. The van der Waals surface area contributed by atoms with Crippen molar-refractivity contribution in [3.63, 3.8) is 0 Å². The zero-order valence-corrected chi connectivity index (χ0v) is 19.2. The molecular formula is C25H21F4N5O2. The Morgan fingerprint density at radius 2 is 1.72 bits per heavy atom. The SMILES string of the molecule is Cc1cc(=O)c(C(=O)N2CCN(C(C#N)c3ccc(F)cc3)CC2)nn1-c1cccc(C(F)(F)F)c1. The standard InChI is InChI=1S/C25H21F4N5O2/c1-16-13-22(35)23(31-34(16)20-4-2-3-18(14-20)25(27,28)29)24(36)33-11-9-32(10-12-33)21(15-30)17-5-7-19(26)8-6-17/h2-8,13-14,21H,9-12H2,1H3. The highest BCUT2D eigenvalue weighted by Gasteiger charge is 2.32. The van der Waals surface area contributed by atoms with E-state index in [2.05, 4.69) is 11.2 Å². The molecular weight excluding hydrogens is 478 g/mol. The number of alkyl halides is 3. The maximum atomic E-state index is 13.2. The van der Waals surface area contributed by atoms with Crippen LogP contribution in [-0.2, 0) is 6.18 Å². The van der Waals surface area contributed by atoms with Gasteiger partial charge in [0.2, 0.25) is 5.43 Å². The number of hydrogen-bond acceptors (Lipinski definition) is 5. The monoisotopic (exact) mass is 499 g/mol. The van der Waals surface area contributed by atoms with Crippen LogP contribution in [-0.4, -0.2) is 51.7 Å². The third-order valence-electron chi connectivity index (χ3n) is 6.00. The van der Waals surface area contributed by atoms with Gasteiger partial charge in [0.15, 0.2) is 5.69 Å². The summed E-state index contributed by atoms with van der Waals surface area (Å²) in [5.41, 5.74) is -0.944. The third-order valence-corrected chi connectivity index (χ3v) is 6.00. The number of carbonyl (C=O) groups excluding carboxylic acids is 1. The maximum Gasteiger partial charge on any atom is 0.416 e. The van der Waals surface area contributed by atoms with Crippen molar-refractivity contribution in [2.45, 2.75) is 19.1 Å². The summed E-state index contributed by atoms with van der Waals surface area (Å²) in [5, 5.41) is 13.7. The van der Waals surface area contributed by atoms with E-state index in [4.69, 9.17) is 0 Å². The molecule has 7 nitrogen and oxygen atoms in total. The molecule has 4 rings (SSSR count). The van der Waals surface area contributed by atoms with Crippen molar-refractivity contribution < 1.29 is 22.4 Å². The number of aromatic nitrogens is 2. The van der Waals surface area contributed by atoms with Crippen LogP contribution >= 0.6 is 0 Å². The van der Waals surface area contributed by atoms with Crippen LogP contribution in [0.25, 0.3) is 5.69 Å². The minimum atomic E-state index is -4.56. The van der Waals surface area contributed by atoms with E-state index in [1.165, 1.54) is 48.2 Å². The molecule has 1 atom stereocenters. The molecule has 1 unspecified atom stereocenters. The Hall–Kier alpha value is -4.04. The fourth-order valence-electron chi connectivity index (χ4n) is 4.12. The van der Waals surface area contributed by atoms with Gasteiger partial charge in [0.1, 0.15) is 11.9 Å². The third kappa shape index (κ3) is 5.13. The van der Waals surface area contributed by atoms with Crippen molar-refractivity contribution in [2.75, 3.05) is 26.2 Å². The van der Waals surface area contributed by atoms with Gasteiger partial charge in [-0.3, -0.25) is 14.5 Å². The number of amides is 1. The topological polar surface area (TPSA) is 82.2 Å². The van der Waals surface area contributed by atoms with E-state index in [9.17, 15) is 32.4 Å².